The molecule has 1 rings (SSSR count). The third kappa shape index (κ3) is 5.41. The predicted octanol–water partition coefficient (Wildman–Crippen LogP) is -1.26. The van der Waals surface area contributed by atoms with Crippen molar-refractivity contribution in [1.29, 1.82) is 0 Å². The van der Waals surface area contributed by atoms with E-state index < -0.39 is 34.0 Å². The van der Waals surface area contributed by atoms with E-state index in [2.05, 4.69) is 4.72 Å². The van der Waals surface area contributed by atoms with Crippen LogP contribution in [0.3, 0.4) is 0 Å². The van der Waals surface area contributed by atoms with Crippen LogP contribution >= 0.6 is 0 Å². The fraction of sp³-hybridized carbons (Fsp3) is 0.800. The first-order chi connectivity index (χ1) is 8.28. The number of aliphatic carboxylic acids is 1. The number of amides is 1. The summed E-state index contributed by atoms with van der Waals surface area (Å²) >= 11 is 0. The Kier molecular flexibility index (Phi) is 8.26. The van der Waals surface area contributed by atoms with Crippen LogP contribution in [-0.4, -0.2) is 106 Å². The number of hydrogen-bond donors (Lipinski definition) is 2. The summed E-state index contributed by atoms with van der Waals surface area (Å²) in [6.07, 6.45) is 1.03. The molecule has 19 heavy (non-hydrogen) atoms. The zero-order chi connectivity index (χ0) is 13.9. The third-order valence-electron chi connectivity index (χ3n) is 2.93. The Balaban J connectivity index is 0.00000324. The van der Waals surface area contributed by atoms with Gasteiger partial charge in [0.05, 0.1) is 11.8 Å². The van der Waals surface area contributed by atoms with Crippen molar-refractivity contribution in [2.75, 3.05) is 12.3 Å². The Hall–Kier alpha value is 0.486. The molecule has 0 radical (unpaired) electrons. The van der Waals surface area contributed by atoms with Crippen LogP contribution in [0.1, 0.15) is 26.7 Å². The molecular weight excluding hydrogens is 299 g/mol. The number of nitrogens with zero attached hydrogens (tertiary/aromatic N) is 1. The van der Waals surface area contributed by atoms with Gasteiger partial charge in [0, 0.05) is 6.54 Å². The monoisotopic (exact) mass is 318 g/mol. The first-order valence-electron chi connectivity index (χ1n) is 5.81. The average Bonchev–Trinajstić information content (AvgIpc) is 2.76. The quantitative estimate of drug-likeness (QED) is 0.616. The summed E-state index contributed by atoms with van der Waals surface area (Å²) in [5.41, 5.74) is 0. The number of carboxylic acid groups (broad SMARTS) is 1. The van der Waals surface area contributed by atoms with Crippen LogP contribution in [-0.2, 0) is 19.6 Å². The van der Waals surface area contributed by atoms with E-state index in [1.54, 1.807) is 0 Å². The number of sulfonamides is 1. The standard InChI is InChI=1S/C10H18N2O5S.K.H/c1-3-18(16,17)11-7(2)9(13)12-6-4-5-8(12)10(14)15;;/h7-8,11H,3-6H2,1-2H3,(H,14,15);;/t7-,8?;;/m0../s1. The van der Waals surface area contributed by atoms with Gasteiger partial charge < -0.3 is 10.0 Å². The van der Waals surface area contributed by atoms with Crippen LogP contribution in [0.2, 0.25) is 0 Å². The van der Waals surface area contributed by atoms with Crippen LogP contribution in [0.15, 0.2) is 0 Å². The number of carbonyl (C=O) groups excluding carboxylic acids is 1. The molecule has 1 saturated heterocycles. The fourth-order valence-corrected chi connectivity index (χ4v) is 2.75. The minimum atomic E-state index is -3.48. The molecule has 0 spiro atoms. The van der Waals surface area contributed by atoms with Gasteiger partial charge in [-0.2, -0.15) is 0 Å². The van der Waals surface area contributed by atoms with Gasteiger partial charge in [-0.1, -0.05) is 0 Å². The van der Waals surface area contributed by atoms with Gasteiger partial charge in [0.15, 0.2) is 0 Å². The molecule has 1 fully saturated rings. The van der Waals surface area contributed by atoms with Crippen LogP contribution in [0.4, 0.5) is 0 Å². The van der Waals surface area contributed by atoms with E-state index in [1.807, 2.05) is 0 Å². The second-order valence-corrected chi connectivity index (χ2v) is 6.31. The Bertz CT molecular complexity index is 439. The first kappa shape index (κ1) is 19.5. The van der Waals surface area contributed by atoms with Gasteiger partial charge in [-0.15, -0.1) is 0 Å². The number of nitrogens with one attached hydrogen (secondary N) is 1. The molecule has 1 aliphatic heterocycles. The van der Waals surface area contributed by atoms with Crippen LogP contribution in [0.5, 0.6) is 0 Å². The number of carbonyl (C=O) groups is 2. The maximum atomic E-state index is 12.0. The number of rotatable bonds is 5. The van der Waals surface area contributed by atoms with E-state index in [-0.39, 0.29) is 57.1 Å². The molecule has 7 nitrogen and oxygen atoms in total. The predicted molar refractivity (Wildman–Crippen MR) is 71.6 cm³/mol. The molecule has 106 valence electrons. The van der Waals surface area contributed by atoms with Crippen molar-refractivity contribution in [2.24, 2.45) is 0 Å². The summed E-state index contributed by atoms with van der Waals surface area (Å²) in [5.74, 6) is -1.66. The molecule has 1 amide bonds. The molecule has 0 bridgehead atoms. The molecule has 2 N–H and O–H groups in total. The van der Waals surface area contributed by atoms with Crippen molar-refractivity contribution in [2.45, 2.75) is 38.8 Å². The molecule has 2 atom stereocenters. The van der Waals surface area contributed by atoms with Gasteiger partial charge in [-0.25, -0.2) is 17.9 Å². The topological polar surface area (TPSA) is 104 Å². The Morgan fingerprint density at radius 1 is 1.47 bits per heavy atom. The van der Waals surface area contributed by atoms with Gasteiger partial charge >= 0.3 is 57.4 Å². The van der Waals surface area contributed by atoms with Crippen molar-refractivity contribution in [3.8, 4) is 0 Å². The van der Waals surface area contributed by atoms with E-state index in [0.29, 0.717) is 19.4 Å². The fourth-order valence-electron chi connectivity index (χ4n) is 1.94. The number of likely N-dealkylation sites (tertiary alicyclic amines) is 1. The van der Waals surface area contributed by atoms with Crippen molar-refractivity contribution >= 4 is 73.3 Å². The van der Waals surface area contributed by atoms with Crippen molar-refractivity contribution in [3.05, 3.63) is 0 Å². The molecule has 0 aromatic carbocycles. The van der Waals surface area contributed by atoms with E-state index in [1.165, 1.54) is 18.7 Å². The Morgan fingerprint density at radius 2 is 2.05 bits per heavy atom. The van der Waals surface area contributed by atoms with Crippen LogP contribution in [0.25, 0.3) is 0 Å². The van der Waals surface area contributed by atoms with Crippen molar-refractivity contribution < 1.29 is 23.1 Å². The van der Waals surface area contributed by atoms with Gasteiger partial charge in [0.25, 0.3) is 0 Å². The van der Waals surface area contributed by atoms with Crippen LogP contribution in [0, 0.1) is 0 Å². The number of hydrogen-bond acceptors (Lipinski definition) is 4. The summed E-state index contributed by atoms with van der Waals surface area (Å²) in [6.45, 7) is 3.25. The average molecular weight is 318 g/mol. The number of carboxylic acids is 1. The first-order valence-corrected chi connectivity index (χ1v) is 7.47. The van der Waals surface area contributed by atoms with E-state index >= 15 is 0 Å². The molecular formula is C10H19KN2O5S. The summed E-state index contributed by atoms with van der Waals surface area (Å²) in [4.78, 5) is 24.2. The molecule has 9 heteroatoms. The molecule has 0 aromatic heterocycles. The minimum absolute atomic E-state index is 0. The zero-order valence-corrected chi connectivity index (χ0v) is 11.2. The molecule has 0 aromatic rings. The van der Waals surface area contributed by atoms with E-state index in [9.17, 15) is 18.0 Å². The zero-order valence-electron chi connectivity index (χ0n) is 10.4. The molecule has 0 aliphatic carbocycles. The third-order valence-corrected chi connectivity index (χ3v) is 4.40. The molecule has 1 aliphatic rings. The molecule has 1 unspecified atom stereocenters. The summed E-state index contributed by atoms with van der Waals surface area (Å²) in [6, 6.07) is -1.78. The normalized spacial score (nSPS) is 20.7. The van der Waals surface area contributed by atoms with Gasteiger partial charge in [0.2, 0.25) is 15.9 Å². The van der Waals surface area contributed by atoms with Gasteiger partial charge in [-0.3, -0.25) is 4.79 Å². The van der Waals surface area contributed by atoms with Crippen molar-refractivity contribution in [3.63, 3.8) is 0 Å². The molecule has 1 heterocycles. The Morgan fingerprint density at radius 3 is 2.53 bits per heavy atom. The SMILES string of the molecule is CCS(=O)(=O)N[C@@H](C)C(=O)N1CCCC1C(=O)O.[KH]. The summed E-state index contributed by atoms with van der Waals surface area (Å²) in [7, 11) is -3.48. The summed E-state index contributed by atoms with van der Waals surface area (Å²) < 4.78 is 24.9. The summed E-state index contributed by atoms with van der Waals surface area (Å²) in [5, 5.41) is 8.96. The second kappa shape index (κ2) is 8.06. The second-order valence-electron chi connectivity index (χ2n) is 4.27. The Labute approximate surface area is 155 Å². The van der Waals surface area contributed by atoms with Crippen molar-refractivity contribution in [1.82, 2.24) is 9.62 Å². The van der Waals surface area contributed by atoms with E-state index in [0.717, 1.165) is 0 Å². The maximum absolute atomic E-state index is 12.0. The molecule has 0 saturated carbocycles. The van der Waals surface area contributed by atoms with Crippen LogP contribution < -0.4 is 4.72 Å². The van der Waals surface area contributed by atoms with Gasteiger partial charge in [-0.05, 0) is 26.7 Å². The van der Waals surface area contributed by atoms with Gasteiger partial charge in [0.1, 0.15) is 6.04 Å². The van der Waals surface area contributed by atoms with E-state index in [4.69, 9.17) is 5.11 Å².